The second-order valence-electron chi connectivity index (χ2n) is 2.44. The molecule has 14 heavy (non-hydrogen) atoms. The number of benzene rings is 1. The Bertz CT molecular complexity index is 214. The fourth-order valence-corrected chi connectivity index (χ4v) is 0.645. The largest absolute Gasteiger partial charge is 0.388 e. The average Bonchev–Trinajstić information content (AvgIpc) is 2.23. The smallest absolute Gasteiger partial charge is 0.150 e. The molecule has 0 atom stereocenters. The first-order valence-corrected chi connectivity index (χ1v) is 4.66. The first-order chi connectivity index (χ1) is 6.74. The van der Waals surface area contributed by atoms with Gasteiger partial charge in [0.1, 0.15) is 6.29 Å². The summed E-state index contributed by atoms with van der Waals surface area (Å²) in [4.78, 5) is 10.1. The van der Waals surface area contributed by atoms with Crippen molar-refractivity contribution in [2.75, 3.05) is 14.2 Å². The minimum atomic E-state index is 0.737. The van der Waals surface area contributed by atoms with Crippen molar-refractivity contribution in [3.63, 3.8) is 0 Å². The van der Waals surface area contributed by atoms with Crippen molar-refractivity contribution in [3.8, 4) is 0 Å². The molecule has 0 saturated heterocycles. The van der Waals surface area contributed by atoms with Crippen LogP contribution in [0.15, 0.2) is 24.3 Å². The lowest BCUT2D eigenvalue weighted by atomic mass is 10.2. The Hall–Kier alpha value is -1.15. The summed E-state index contributed by atoms with van der Waals surface area (Å²) in [6, 6.07) is 7.46. The quantitative estimate of drug-likeness (QED) is 0.645. The van der Waals surface area contributed by atoms with Gasteiger partial charge >= 0.3 is 0 Å². The predicted molar refractivity (Wildman–Crippen MR) is 60.8 cm³/mol. The molecule has 0 bridgehead atoms. The van der Waals surface area contributed by atoms with E-state index in [-0.39, 0.29) is 0 Å². The molecule has 0 radical (unpaired) electrons. The van der Waals surface area contributed by atoms with Crippen molar-refractivity contribution in [2.24, 2.45) is 0 Å². The van der Waals surface area contributed by atoms with E-state index in [1.165, 1.54) is 5.56 Å². The Balaban J connectivity index is 0. The lowest BCUT2D eigenvalue weighted by Gasteiger charge is -1.89. The fraction of sp³-hybridized carbons (Fsp3) is 0.417. The Labute approximate surface area is 86.9 Å². The van der Waals surface area contributed by atoms with E-state index in [4.69, 9.17) is 0 Å². The van der Waals surface area contributed by atoms with Gasteiger partial charge in [-0.25, -0.2) is 0 Å². The van der Waals surface area contributed by atoms with Crippen LogP contribution in [0.4, 0.5) is 0 Å². The third-order valence-electron chi connectivity index (χ3n) is 1.21. The highest BCUT2D eigenvalue weighted by molar-refractivity contribution is 5.74. The zero-order valence-corrected chi connectivity index (χ0v) is 9.70. The van der Waals surface area contributed by atoms with Crippen LogP contribution in [0.5, 0.6) is 0 Å². The van der Waals surface area contributed by atoms with Crippen LogP contribution in [-0.2, 0) is 4.74 Å². The minimum absolute atomic E-state index is 0.737. The van der Waals surface area contributed by atoms with Crippen LogP contribution in [-0.4, -0.2) is 20.5 Å². The monoisotopic (exact) mass is 196 g/mol. The number of hydrogen-bond donors (Lipinski definition) is 0. The summed E-state index contributed by atoms with van der Waals surface area (Å²) in [5.41, 5.74) is 1.92. The van der Waals surface area contributed by atoms with Gasteiger partial charge in [0, 0.05) is 19.8 Å². The molecule has 0 amide bonds. The number of rotatable bonds is 1. The molecular weight excluding hydrogens is 176 g/mol. The van der Waals surface area contributed by atoms with Gasteiger partial charge in [-0.1, -0.05) is 43.7 Å². The zero-order valence-electron chi connectivity index (χ0n) is 9.70. The van der Waals surface area contributed by atoms with E-state index in [0.29, 0.717) is 0 Å². The topological polar surface area (TPSA) is 26.3 Å². The molecule has 1 aromatic carbocycles. The van der Waals surface area contributed by atoms with Crippen molar-refractivity contribution in [2.45, 2.75) is 20.8 Å². The van der Waals surface area contributed by atoms with Crippen molar-refractivity contribution in [1.29, 1.82) is 0 Å². The molecule has 0 fully saturated rings. The van der Waals surface area contributed by atoms with Crippen LogP contribution in [0, 0.1) is 6.92 Å². The lowest BCUT2D eigenvalue weighted by molar-refractivity contribution is 0.112. The Morgan fingerprint density at radius 2 is 1.43 bits per heavy atom. The summed E-state index contributed by atoms with van der Waals surface area (Å²) in [5, 5.41) is 0. The Kier molecular flexibility index (Phi) is 13.0. The van der Waals surface area contributed by atoms with Crippen molar-refractivity contribution in [3.05, 3.63) is 35.4 Å². The lowest BCUT2D eigenvalue weighted by Crippen LogP contribution is -1.77. The highest BCUT2D eigenvalue weighted by Gasteiger charge is 1.85. The number of methoxy groups -OCH3 is 1. The van der Waals surface area contributed by atoms with E-state index in [2.05, 4.69) is 4.74 Å². The van der Waals surface area contributed by atoms with Gasteiger partial charge in [-0.15, -0.1) is 0 Å². The van der Waals surface area contributed by atoms with Crippen molar-refractivity contribution in [1.82, 2.24) is 0 Å². The van der Waals surface area contributed by atoms with Gasteiger partial charge in [-0.2, -0.15) is 0 Å². The maximum absolute atomic E-state index is 10.1. The summed E-state index contributed by atoms with van der Waals surface area (Å²) in [6.07, 6.45) is 0.847. The van der Waals surface area contributed by atoms with Crippen LogP contribution < -0.4 is 0 Å². The third kappa shape index (κ3) is 8.94. The van der Waals surface area contributed by atoms with Crippen LogP contribution in [0.3, 0.4) is 0 Å². The number of hydrogen-bond acceptors (Lipinski definition) is 2. The standard InChI is InChI=1S/C8H8O.C2H6O.C2H6/c1-7-2-4-8(6-9)5-3-7;1-3-2;1-2/h2-6H,1H3;1-2H3;1-2H3. The molecule has 0 spiro atoms. The molecule has 1 rings (SSSR count). The number of aldehydes is 1. The summed E-state index contributed by atoms with van der Waals surface area (Å²) in [6.45, 7) is 5.99. The summed E-state index contributed by atoms with van der Waals surface area (Å²) < 4.78 is 4.25. The number of carbonyl (C=O) groups excluding carboxylic acids is 1. The summed E-state index contributed by atoms with van der Waals surface area (Å²) in [5.74, 6) is 0. The molecule has 0 aromatic heterocycles. The van der Waals surface area contributed by atoms with Gasteiger partial charge in [0.15, 0.2) is 0 Å². The summed E-state index contributed by atoms with van der Waals surface area (Å²) in [7, 11) is 3.25. The third-order valence-corrected chi connectivity index (χ3v) is 1.21. The molecule has 0 N–H and O–H groups in total. The second-order valence-corrected chi connectivity index (χ2v) is 2.44. The van der Waals surface area contributed by atoms with Gasteiger partial charge < -0.3 is 4.74 Å². The normalized spacial score (nSPS) is 7.50. The van der Waals surface area contributed by atoms with E-state index >= 15 is 0 Å². The van der Waals surface area contributed by atoms with Crippen molar-refractivity contribution < 1.29 is 9.53 Å². The maximum Gasteiger partial charge on any atom is 0.150 e. The number of aryl methyl sites for hydroxylation is 1. The molecule has 1 aromatic rings. The maximum atomic E-state index is 10.1. The zero-order chi connectivity index (χ0) is 11.4. The molecule has 0 saturated carbocycles. The van der Waals surface area contributed by atoms with E-state index < -0.39 is 0 Å². The van der Waals surface area contributed by atoms with Gasteiger partial charge in [-0.05, 0) is 6.92 Å². The molecule has 2 heteroatoms. The van der Waals surface area contributed by atoms with Gasteiger partial charge in [0.2, 0.25) is 0 Å². The van der Waals surface area contributed by atoms with Crippen LogP contribution >= 0.6 is 0 Å². The second kappa shape index (κ2) is 11.8. The predicted octanol–water partition coefficient (Wildman–Crippen LogP) is 3.10. The molecule has 0 aliphatic heterocycles. The van der Waals surface area contributed by atoms with Gasteiger partial charge in [-0.3, -0.25) is 4.79 Å². The van der Waals surface area contributed by atoms with E-state index in [0.717, 1.165) is 11.8 Å². The molecular formula is C12H20O2. The highest BCUT2D eigenvalue weighted by atomic mass is 16.4. The molecule has 80 valence electrons. The molecule has 0 unspecified atom stereocenters. The van der Waals surface area contributed by atoms with E-state index in [1.54, 1.807) is 14.2 Å². The van der Waals surface area contributed by atoms with Gasteiger partial charge in [0.05, 0.1) is 0 Å². The molecule has 0 aliphatic carbocycles. The van der Waals surface area contributed by atoms with Gasteiger partial charge in [0.25, 0.3) is 0 Å². The number of ether oxygens (including phenoxy) is 1. The Morgan fingerprint density at radius 3 is 1.71 bits per heavy atom. The summed E-state index contributed by atoms with van der Waals surface area (Å²) >= 11 is 0. The average molecular weight is 196 g/mol. The fourth-order valence-electron chi connectivity index (χ4n) is 0.645. The van der Waals surface area contributed by atoms with Crippen molar-refractivity contribution >= 4 is 6.29 Å². The molecule has 0 aliphatic rings. The Morgan fingerprint density at radius 1 is 1.07 bits per heavy atom. The van der Waals surface area contributed by atoms with Crippen LogP contribution in [0.25, 0.3) is 0 Å². The molecule has 0 heterocycles. The minimum Gasteiger partial charge on any atom is -0.388 e. The SMILES string of the molecule is CC.COC.Cc1ccc(C=O)cc1. The van der Waals surface area contributed by atoms with E-state index in [1.807, 2.05) is 45.0 Å². The highest BCUT2D eigenvalue weighted by Crippen LogP contribution is 1.98. The van der Waals surface area contributed by atoms with Crippen LogP contribution in [0.2, 0.25) is 0 Å². The van der Waals surface area contributed by atoms with Crippen LogP contribution in [0.1, 0.15) is 29.8 Å². The molecule has 2 nitrogen and oxygen atoms in total. The van der Waals surface area contributed by atoms with E-state index in [9.17, 15) is 4.79 Å². The first-order valence-electron chi connectivity index (χ1n) is 4.66. The number of carbonyl (C=O) groups is 1. The first kappa shape index (κ1) is 15.3.